The summed E-state index contributed by atoms with van der Waals surface area (Å²) in [5.41, 5.74) is -0.569. The molecule has 3 rings (SSSR count). The van der Waals surface area contributed by atoms with Gasteiger partial charge in [-0.25, -0.2) is 18.2 Å². The van der Waals surface area contributed by atoms with Crippen LogP contribution in [0, 0.1) is 0 Å². The van der Waals surface area contributed by atoms with E-state index in [0.717, 1.165) is 15.9 Å². The van der Waals surface area contributed by atoms with Crippen molar-refractivity contribution in [1.29, 1.82) is 0 Å². The Morgan fingerprint density at radius 3 is 2.71 bits per heavy atom. The lowest BCUT2D eigenvalue weighted by molar-refractivity contribution is -0.142. The fraction of sp³-hybridized carbons (Fsp3) is 0.333. The lowest BCUT2D eigenvalue weighted by atomic mass is 10.5. The summed E-state index contributed by atoms with van der Waals surface area (Å²) in [6.45, 7) is -0.494. The van der Waals surface area contributed by atoms with Gasteiger partial charge in [0, 0.05) is 14.1 Å². The van der Waals surface area contributed by atoms with Crippen LogP contribution in [-0.4, -0.2) is 46.2 Å². The number of rotatable bonds is 7. The second kappa shape index (κ2) is 7.69. The second-order valence-electron chi connectivity index (χ2n) is 5.79. The molecule has 0 fully saturated rings. The number of imidazole rings is 1. The van der Waals surface area contributed by atoms with E-state index in [1.54, 1.807) is 11.4 Å². The van der Waals surface area contributed by atoms with Crippen LogP contribution in [0.4, 0.5) is 0 Å². The highest BCUT2D eigenvalue weighted by molar-refractivity contribution is 7.91. The highest BCUT2D eigenvalue weighted by atomic mass is 32.2. The minimum absolute atomic E-state index is 0.100. The minimum atomic E-state index is -3.75. The summed E-state index contributed by atoms with van der Waals surface area (Å²) in [5, 5.41) is 1.61. The average molecular weight is 427 g/mol. The van der Waals surface area contributed by atoms with Gasteiger partial charge >= 0.3 is 11.7 Å². The maximum atomic E-state index is 12.3. The number of thiophene rings is 1. The van der Waals surface area contributed by atoms with Gasteiger partial charge in [-0.1, -0.05) is 6.07 Å². The third-order valence-corrected chi connectivity index (χ3v) is 6.78. The first-order valence-corrected chi connectivity index (χ1v) is 10.4. The Balaban J connectivity index is 1.62. The Kier molecular flexibility index (Phi) is 5.49. The molecule has 0 aromatic carbocycles. The molecule has 0 radical (unpaired) electrons. The van der Waals surface area contributed by atoms with E-state index in [1.807, 2.05) is 0 Å². The standard InChI is InChI=1S/C15H17N5O6S2/c1-18-13-12(14(22)19(2)15(18)23)20(9-16-13)5-6-26-10(21)8-17-28(24,25)11-4-3-7-27-11/h3-4,7,9,17H,5-6,8H2,1-2H3. The molecule has 13 heteroatoms. The van der Waals surface area contributed by atoms with Crippen molar-refractivity contribution in [3.05, 3.63) is 44.7 Å². The number of nitrogens with zero attached hydrogens (tertiary/aromatic N) is 4. The first-order valence-electron chi connectivity index (χ1n) is 8.02. The van der Waals surface area contributed by atoms with Crippen molar-refractivity contribution in [3.8, 4) is 0 Å². The number of aromatic nitrogens is 4. The Morgan fingerprint density at radius 1 is 1.29 bits per heavy atom. The van der Waals surface area contributed by atoms with Crippen molar-refractivity contribution in [2.45, 2.75) is 10.8 Å². The van der Waals surface area contributed by atoms with Crippen LogP contribution >= 0.6 is 11.3 Å². The molecule has 3 heterocycles. The Bertz CT molecular complexity index is 1240. The highest BCUT2D eigenvalue weighted by Crippen LogP contribution is 2.14. The average Bonchev–Trinajstić information content (AvgIpc) is 3.33. The van der Waals surface area contributed by atoms with E-state index < -0.39 is 33.8 Å². The van der Waals surface area contributed by atoms with Gasteiger partial charge in [0.15, 0.2) is 11.2 Å². The zero-order valence-electron chi connectivity index (χ0n) is 15.0. The zero-order chi connectivity index (χ0) is 20.5. The molecule has 150 valence electrons. The summed E-state index contributed by atoms with van der Waals surface area (Å²) in [6, 6.07) is 3.02. The van der Waals surface area contributed by atoms with E-state index >= 15 is 0 Å². The topological polar surface area (TPSA) is 134 Å². The maximum Gasteiger partial charge on any atom is 0.332 e. The van der Waals surface area contributed by atoms with E-state index in [4.69, 9.17) is 4.74 Å². The lowest BCUT2D eigenvalue weighted by Gasteiger charge is -2.08. The second-order valence-corrected chi connectivity index (χ2v) is 8.73. The summed E-state index contributed by atoms with van der Waals surface area (Å²) in [6.07, 6.45) is 1.37. The van der Waals surface area contributed by atoms with Crippen LogP contribution in [0.3, 0.4) is 0 Å². The van der Waals surface area contributed by atoms with Crippen molar-refractivity contribution in [2.24, 2.45) is 14.1 Å². The lowest BCUT2D eigenvalue weighted by Crippen LogP contribution is -2.37. The van der Waals surface area contributed by atoms with Crippen molar-refractivity contribution in [3.63, 3.8) is 0 Å². The van der Waals surface area contributed by atoms with Crippen molar-refractivity contribution in [1.82, 2.24) is 23.4 Å². The quantitative estimate of drug-likeness (QED) is 0.479. The van der Waals surface area contributed by atoms with Crippen LogP contribution in [0.25, 0.3) is 11.2 Å². The van der Waals surface area contributed by atoms with Gasteiger partial charge in [-0.3, -0.25) is 18.7 Å². The smallest absolute Gasteiger partial charge is 0.332 e. The summed E-state index contributed by atoms with van der Waals surface area (Å²) < 4.78 is 34.9. The highest BCUT2D eigenvalue weighted by Gasteiger charge is 2.17. The number of esters is 1. The predicted octanol–water partition coefficient (Wildman–Crippen LogP) is -0.983. The molecule has 3 aromatic heterocycles. The molecule has 0 bridgehead atoms. The van der Waals surface area contributed by atoms with E-state index in [9.17, 15) is 22.8 Å². The molecule has 28 heavy (non-hydrogen) atoms. The van der Waals surface area contributed by atoms with Crippen molar-refractivity contribution >= 4 is 38.5 Å². The first-order chi connectivity index (χ1) is 13.2. The van der Waals surface area contributed by atoms with E-state index in [1.165, 1.54) is 35.6 Å². The van der Waals surface area contributed by atoms with Crippen LogP contribution in [0.2, 0.25) is 0 Å². The summed E-state index contributed by atoms with van der Waals surface area (Å²) in [4.78, 5) is 40.1. The Hall–Kier alpha value is -2.77. The predicted molar refractivity (Wildman–Crippen MR) is 101 cm³/mol. The Morgan fingerprint density at radius 2 is 2.04 bits per heavy atom. The molecular weight excluding hydrogens is 410 g/mol. The summed E-state index contributed by atoms with van der Waals surface area (Å²) in [7, 11) is -0.889. The number of fused-ring (bicyclic) bond motifs is 1. The van der Waals surface area contributed by atoms with Gasteiger partial charge in [0.2, 0.25) is 0 Å². The van der Waals surface area contributed by atoms with Gasteiger partial charge < -0.3 is 9.30 Å². The third-order valence-electron chi connectivity index (χ3n) is 3.98. The summed E-state index contributed by atoms with van der Waals surface area (Å²) in [5.74, 6) is -0.759. The van der Waals surface area contributed by atoms with Gasteiger partial charge in [-0.15, -0.1) is 11.3 Å². The van der Waals surface area contributed by atoms with Gasteiger partial charge in [0.1, 0.15) is 17.4 Å². The number of sulfonamides is 1. The van der Waals surface area contributed by atoms with E-state index in [2.05, 4.69) is 9.71 Å². The minimum Gasteiger partial charge on any atom is -0.463 e. The molecule has 0 amide bonds. The van der Waals surface area contributed by atoms with Crippen LogP contribution in [-0.2, 0) is 40.2 Å². The largest absolute Gasteiger partial charge is 0.463 e. The summed E-state index contributed by atoms with van der Waals surface area (Å²) >= 11 is 1.03. The van der Waals surface area contributed by atoms with Crippen molar-refractivity contribution in [2.75, 3.05) is 13.2 Å². The van der Waals surface area contributed by atoms with Gasteiger partial charge in [-0.2, -0.15) is 4.72 Å². The molecule has 11 nitrogen and oxygen atoms in total. The number of hydrogen-bond acceptors (Lipinski definition) is 8. The fourth-order valence-corrected chi connectivity index (χ4v) is 4.52. The van der Waals surface area contributed by atoms with Crippen LogP contribution in [0.15, 0.2) is 37.6 Å². The monoisotopic (exact) mass is 427 g/mol. The molecule has 0 aliphatic heterocycles. The number of carbonyl (C=O) groups is 1. The molecule has 0 aliphatic rings. The Labute approximate surface area is 162 Å². The number of aryl methyl sites for hydroxylation is 1. The molecule has 0 spiro atoms. The fourth-order valence-electron chi connectivity index (χ4n) is 2.52. The van der Waals surface area contributed by atoms with Gasteiger partial charge in [0.05, 0.1) is 12.9 Å². The van der Waals surface area contributed by atoms with Gasteiger partial charge in [0.25, 0.3) is 15.6 Å². The van der Waals surface area contributed by atoms with Crippen LogP contribution in [0.5, 0.6) is 0 Å². The zero-order valence-corrected chi connectivity index (χ0v) is 16.6. The SMILES string of the molecule is Cn1c(=O)c2c(ncn2CCOC(=O)CNS(=O)(=O)c2cccs2)n(C)c1=O. The number of hydrogen-bond donors (Lipinski definition) is 1. The molecule has 0 unspecified atom stereocenters. The van der Waals surface area contributed by atoms with Crippen LogP contribution < -0.4 is 16.0 Å². The number of ether oxygens (including phenoxy) is 1. The molecule has 0 saturated carbocycles. The van der Waals surface area contributed by atoms with Crippen LogP contribution in [0.1, 0.15) is 0 Å². The molecule has 1 N–H and O–H groups in total. The maximum absolute atomic E-state index is 12.3. The molecular formula is C15H17N5O6S2. The molecule has 0 atom stereocenters. The normalized spacial score (nSPS) is 11.8. The van der Waals surface area contributed by atoms with E-state index in [0.29, 0.717) is 0 Å². The van der Waals surface area contributed by atoms with Crippen molar-refractivity contribution < 1.29 is 17.9 Å². The van der Waals surface area contributed by atoms with E-state index in [-0.39, 0.29) is 28.5 Å². The molecule has 0 aliphatic carbocycles. The molecule has 3 aromatic rings. The molecule has 0 saturated heterocycles. The first kappa shape index (κ1) is 20.0. The number of carbonyl (C=O) groups excluding carboxylic acids is 1. The van der Waals surface area contributed by atoms with Gasteiger partial charge in [-0.05, 0) is 11.4 Å². The third kappa shape index (κ3) is 3.76. The number of nitrogens with one attached hydrogen (secondary N) is 1.